The molecule has 1 fully saturated rings. The van der Waals surface area contributed by atoms with Crippen molar-refractivity contribution in [2.24, 2.45) is 0 Å². The van der Waals surface area contributed by atoms with Crippen LogP contribution in [-0.2, 0) is 11.2 Å². The van der Waals surface area contributed by atoms with E-state index < -0.39 is 0 Å². The third kappa shape index (κ3) is 3.02. The minimum Gasteiger partial charge on any atom is -0.508 e. The number of fused-ring (bicyclic) bond motifs is 1. The van der Waals surface area contributed by atoms with Gasteiger partial charge in [-0.3, -0.25) is 4.79 Å². The Bertz CT molecular complexity index is 785. The molecule has 2 aliphatic rings. The van der Waals surface area contributed by atoms with Gasteiger partial charge in [0.15, 0.2) is 0 Å². The summed E-state index contributed by atoms with van der Waals surface area (Å²) < 4.78 is 0. The third-order valence-corrected chi connectivity index (χ3v) is 5.48. The van der Waals surface area contributed by atoms with Crippen LogP contribution in [0.1, 0.15) is 55.0 Å². The second-order valence-corrected chi connectivity index (χ2v) is 7.06. The molecule has 25 heavy (non-hydrogen) atoms. The molecule has 0 bridgehead atoms. The second-order valence-electron chi connectivity index (χ2n) is 7.06. The molecule has 2 unspecified atom stereocenters. The Morgan fingerprint density at radius 3 is 2.68 bits per heavy atom. The van der Waals surface area contributed by atoms with Crippen LogP contribution < -0.4 is 10.2 Å². The van der Waals surface area contributed by atoms with Gasteiger partial charge in [0.1, 0.15) is 5.75 Å². The van der Waals surface area contributed by atoms with Crippen molar-refractivity contribution in [2.75, 3.05) is 11.4 Å². The summed E-state index contributed by atoms with van der Waals surface area (Å²) in [7, 11) is 0. The average Bonchev–Trinajstić information content (AvgIpc) is 3.22. The number of benzene rings is 2. The summed E-state index contributed by atoms with van der Waals surface area (Å²) in [5, 5.41) is 13.7. The minimum atomic E-state index is 0.210. The van der Waals surface area contributed by atoms with Gasteiger partial charge in [-0.2, -0.15) is 0 Å². The molecule has 4 heteroatoms. The van der Waals surface area contributed by atoms with Gasteiger partial charge in [-0.25, -0.2) is 0 Å². The first-order chi connectivity index (χ1) is 12.1. The Kier molecular flexibility index (Phi) is 4.22. The summed E-state index contributed by atoms with van der Waals surface area (Å²) in [5.74, 6) is 0.635. The highest BCUT2D eigenvalue weighted by molar-refractivity contribution is 5.95. The number of hydrogen-bond acceptors (Lipinski definition) is 3. The summed E-state index contributed by atoms with van der Waals surface area (Å²) in [6.07, 6.45) is 3.54. The van der Waals surface area contributed by atoms with E-state index in [0.717, 1.165) is 37.1 Å². The minimum absolute atomic E-state index is 0.210. The lowest BCUT2D eigenvalue weighted by Crippen LogP contribution is -2.24. The maximum absolute atomic E-state index is 11.9. The van der Waals surface area contributed by atoms with Gasteiger partial charge in [0.05, 0.1) is 0 Å². The number of carbonyl (C=O) groups is 1. The van der Waals surface area contributed by atoms with Crippen LogP contribution in [0.25, 0.3) is 0 Å². The Balaban J connectivity index is 1.46. The Morgan fingerprint density at radius 1 is 1.16 bits per heavy atom. The van der Waals surface area contributed by atoms with E-state index in [1.807, 2.05) is 23.1 Å². The number of aromatic hydroxyl groups is 1. The zero-order valence-electron chi connectivity index (χ0n) is 14.5. The summed E-state index contributed by atoms with van der Waals surface area (Å²) in [6, 6.07) is 14.6. The molecule has 130 valence electrons. The maximum atomic E-state index is 11.9. The van der Waals surface area contributed by atoms with Crippen LogP contribution >= 0.6 is 0 Å². The highest BCUT2D eigenvalue weighted by Crippen LogP contribution is 2.37. The highest BCUT2D eigenvalue weighted by Gasteiger charge is 2.26. The van der Waals surface area contributed by atoms with Crippen LogP contribution in [0.3, 0.4) is 0 Å². The Labute approximate surface area is 148 Å². The van der Waals surface area contributed by atoms with Crippen LogP contribution in [0.15, 0.2) is 42.5 Å². The maximum Gasteiger partial charge on any atom is 0.227 e. The Hall–Kier alpha value is -2.33. The molecule has 2 aromatic carbocycles. The van der Waals surface area contributed by atoms with Gasteiger partial charge in [0.2, 0.25) is 5.91 Å². The largest absolute Gasteiger partial charge is 0.508 e. The zero-order chi connectivity index (χ0) is 17.4. The summed E-state index contributed by atoms with van der Waals surface area (Å²) in [6.45, 7) is 2.99. The van der Waals surface area contributed by atoms with Crippen molar-refractivity contribution in [1.29, 1.82) is 0 Å². The third-order valence-electron chi connectivity index (χ3n) is 5.48. The van der Waals surface area contributed by atoms with Crippen LogP contribution in [0.5, 0.6) is 5.75 Å². The van der Waals surface area contributed by atoms with Gasteiger partial charge in [0, 0.05) is 30.7 Å². The number of nitrogens with one attached hydrogen (secondary N) is 1. The predicted molar refractivity (Wildman–Crippen MR) is 98.7 cm³/mol. The molecular weight excluding hydrogens is 312 g/mol. The first kappa shape index (κ1) is 16.2. The van der Waals surface area contributed by atoms with E-state index >= 15 is 0 Å². The normalized spacial score (nSPS) is 20.8. The molecule has 1 saturated heterocycles. The quantitative estimate of drug-likeness (QED) is 0.891. The van der Waals surface area contributed by atoms with Gasteiger partial charge in [-0.05, 0) is 61.1 Å². The van der Waals surface area contributed by atoms with E-state index in [1.165, 1.54) is 11.1 Å². The molecule has 2 atom stereocenters. The number of phenols is 1. The number of rotatable bonds is 4. The molecule has 1 amide bonds. The fourth-order valence-electron chi connectivity index (χ4n) is 4.07. The van der Waals surface area contributed by atoms with Crippen molar-refractivity contribution in [2.45, 2.75) is 44.7 Å². The molecule has 4 rings (SSSR count). The van der Waals surface area contributed by atoms with E-state index in [0.29, 0.717) is 12.2 Å². The molecule has 0 saturated carbocycles. The van der Waals surface area contributed by atoms with Gasteiger partial charge in [-0.15, -0.1) is 0 Å². The molecule has 0 radical (unpaired) electrons. The SMILES string of the molecule is CC(NC1CCc2c(O)cccc21)c1ccc(N2CCCC2=O)cc1. The number of amides is 1. The summed E-state index contributed by atoms with van der Waals surface area (Å²) in [4.78, 5) is 13.7. The standard InChI is InChI=1S/C21H24N2O2/c1-14(22-19-12-11-18-17(19)4-2-5-20(18)24)15-7-9-16(10-8-15)23-13-3-6-21(23)25/h2,4-5,7-10,14,19,22,24H,3,6,11-13H2,1H3. The van der Waals surface area contributed by atoms with Crippen molar-refractivity contribution in [3.05, 3.63) is 59.2 Å². The number of phenolic OH excluding ortho intramolecular Hbond substituents is 1. The molecule has 1 aliphatic carbocycles. The lowest BCUT2D eigenvalue weighted by atomic mass is 10.0. The number of anilines is 1. The first-order valence-corrected chi connectivity index (χ1v) is 9.10. The first-order valence-electron chi connectivity index (χ1n) is 9.10. The molecule has 1 heterocycles. The van der Waals surface area contributed by atoms with Crippen molar-refractivity contribution >= 4 is 11.6 Å². The average molecular weight is 336 g/mol. The monoisotopic (exact) mass is 336 g/mol. The topological polar surface area (TPSA) is 52.6 Å². The lowest BCUT2D eigenvalue weighted by Gasteiger charge is -2.22. The van der Waals surface area contributed by atoms with Crippen LogP contribution in [0, 0.1) is 0 Å². The highest BCUT2D eigenvalue weighted by atomic mass is 16.3. The predicted octanol–water partition coefficient (Wildman–Crippen LogP) is 3.86. The van der Waals surface area contributed by atoms with Crippen LogP contribution in [0.4, 0.5) is 5.69 Å². The van der Waals surface area contributed by atoms with Crippen molar-refractivity contribution in [3.8, 4) is 5.75 Å². The van der Waals surface area contributed by atoms with Crippen LogP contribution in [-0.4, -0.2) is 17.6 Å². The fraction of sp³-hybridized carbons (Fsp3) is 0.381. The number of nitrogens with zero attached hydrogens (tertiary/aromatic N) is 1. The van der Waals surface area contributed by atoms with Crippen LogP contribution in [0.2, 0.25) is 0 Å². The van der Waals surface area contributed by atoms with Crippen molar-refractivity contribution < 1.29 is 9.90 Å². The molecule has 4 nitrogen and oxygen atoms in total. The molecular formula is C21H24N2O2. The molecule has 0 spiro atoms. The van der Waals surface area contributed by atoms with Crippen molar-refractivity contribution in [3.63, 3.8) is 0 Å². The van der Waals surface area contributed by atoms with Gasteiger partial charge in [-0.1, -0.05) is 24.3 Å². The van der Waals surface area contributed by atoms with E-state index in [-0.39, 0.29) is 18.0 Å². The lowest BCUT2D eigenvalue weighted by molar-refractivity contribution is -0.117. The zero-order valence-corrected chi connectivity index (χ0v) is 14.5. The molecule has 2 N–H and O–H groups in total. The second kappa shape index (κ2) is 6.52. The van der Waals surface area contributed by atoms with E-state index in [4.69, 9.17) is 0 Å². The number of carbonyl (C=O) groups excluding carboxylic acids is 1. The van der Waals surface area contributed by atoms with E-state index in [1.54, 1.807) is 6.07 Å². The van der Waals surface area contributed by atoms with E-state index in [2.05, 4.69) is 30.4 Å². The molecule has 2 aromatic rings. The molecule has 1 aliphatic heterocycles. The smallest absolute Gasteiger partial charge is 0.227 e. The Morgan fingerprint density at radius 2 is 1.96 bits per heavy atom. The van der Waals surface area contributed by atoms with Gasteiger partial charge in [0.25, 0.3) is 0 Å². The van der Waals surface area contributed by atoms with Gasteiger partial charge >= 0.3 is 0 Å². The molecule has 0 aromatic heterocycles. The van der Waals surface area contributed by atoms with E-state index in [9.17, 15) is 9.90 Å². The number of hydrogen-bond donors (Lipinski definition) is 2. The fourth-order valence-corrected chi connectivity index (χ4v) is 4.07. The summed E-state index contributed by atoms with van der Waals surface area (Å²) >= 11 is 0. The summed E-state index contributed by atoms with van der Waals surface area (Å²) in [5.41, 5.74) is 4.50. The van der Waals surface area contributed by atoms with Gasteiger partial charge < -0.3 is 15.3 Å². The van der Waals surface area contributed by atoms with Crippen molar-refractivity contribution in [1.82, 2.24) is 5.32 Å².